The zero-order valence-corrected chi connectivity index (χ0v) is 11.2. The van der Waals surface area contributed by atoms with Gasteiger partial charge in [0.05, 0.1) is 12.7 Å². The van der Waals surface area contributed by atoms with Crippen LogP contribution >= 0.6 is 0 Å². The third-order valence-electron chi connectivity index (χ3n) is 3.49. The van der Waals surface area contributed by atoms with Gasteiger partial charge >= 0.3 is 12.0 Å². The minimum Gasteiger partial charge on any atom is -0.480 e. The molecule has 6 nitrogen and oxygen atoms in total. The molecule has 2 N–H and O–H groups in total. The number of ether oxygens (including phenoxy) is 1. The van der Waals surface area contributed by atoms with Crippen LogP contribution in [-0.4, -0.2) is 53.3 Å². The number of hydrogen-bond acceptors (Lipinski definition) is 3. The first kappa shape index (κ1) is 14.8. The molecule has 1 atom stereocenters. The van der Waals surface area contributed by atoms with Crippen LogP contribution in [-0.2, 0) is 9.53 Å². The van der Waals surface area contributed by atoms with Crippen LogP contribution in [0.5, 0.6) is 0 Å². The molecular formula is C12H22N2O4. The first-order valence-electron chi connectivity index (χ1n) is 6.37. The van der Waals surface area contributed by atoms with Crippen LogP contribution in [0.25, 0.3) is 0 Å². The molecule has 18 heavy (non-hydrogen) atoms. The Morgan fingerprint density at radius 1 is 1.44 bits per heavy atom. The summed E-state index contributed by atoms with van der Waals surface area (Å²) < 4.78 is 5.35. The Morgan fingerprint density at radius 3 is 2.50 bits per heavy atom. The van der Waals surface area contributed by atoms with Crippen molar-refractivity contribution in [1.82, 2.24) is 10.2 Å². The molecule has 1 fully saturated rings. The Kier molecular flexibility index (Phi) is 4.95. The van der Waals surface area contributed by atoms with Gasteiger partial charge in [0.2, 0.25) is 0 Å². The average Bonchev–Trinajstić information content (AvgIpc) is 2.35. The highest BCUT2D eigenvalue weighted by Gasteiger charge is 2.38. The lowest BCUT2D eigenvalue weighted by molar-refractivity contribution is -0.144. The molecule has 0 aliphatic carbocycles. The molecule has 1 heterocycles. The van der Waals surface area contributed by atoms with E-state index in [1.165, 1.54) is 0 Å². The van der Waals surface area contributed by atoms with Crippen LogP contribution in [0, 0.1) is 0 Å². The largest absolute Gasteiger partial charge is 0.480 e. The number of urea groups is 1. The lowest BCUT2D eigenvalue weighted by Crippen LogP contribution is -2.59. The van der Waals surface area contributed by atoms with Gasteiger partial charge in [-0.25, -0.2) is 9.59 Å². The maximum atomic E-state index is 12.1. The van der Waals surface area contributed by atoms with Gasteiger partial charge in [0, 0.05) is 13.1 Å². The molecule has 1 saturated heterocycles. The Balaban J connectivity index is 2.69. The number of nitrogens with zero attached hydrogens (tertiary/aromatic N) is 1. The number of morpholine rings is 1. The summed E-state index contributed by atoms with van der Waals surface area (Å²) in [6, 6.07) is -0.323. The molecule has 0 saturated carbocycles. The second-order valence-electron chi connectivity index (χ2n) is 4.65. The normalized spacial score (nSPS) is 20.6. The number of rotatable bonds is 4. The summed E-state index contributed by atoms with van der Waals surface area (Å²) in [6.45, 7) is 6.91. The lowest BCUT2D eigenvalue weighted by Gasteiger charge is -2.35. The molecule has 0 radical (unpaired) electrons. The molecule has 6 heteroatoms. The van der Waals surface area contributed by atoms with Crippen molar-refractivity contribution in [2.75, 3.05) is 19.7 Å². The third-order valence-corrected chi connectivity index (χ3v) is 3.49. The highest BCUT2D eigenvalue weighted by Crippen LogP contribution is 2.16. The molecule has 2 amide bonds. The first-order chi connectivity index (χ1) is 8.45. The maximum Gasteiger partial charge on any atom is 0.329 e. The summed E-state index contributed by atoms with van der Waals surface area (Å²) in [5, 5.41) is 11.9. The van der Waals surface area contributed by atoms with Gasteiger partial charge < -0.3 is 20.1 Å². The standard InChI is InChI=1S/C12H22N2O4/c1-4-12(5-2,10(15)16)13-11(17)14-6-7-18-9(3)8-14/h9H,4-8H2,1-3H3,(H,13,17)(H,15,16). The predicted octanol–water partition coefficient (Wildman–Crippen LogP) is 1.06. The zero-order valence-electron chi connectivity index (χ0n) is 11.2. The molecule has 0 aromatic heterocycles. The molecule has 1 rings (SSSR count). The number of carboxylic acid groups (broad SMARTS) is 1. The smallest absolute Gasteiger partial charge is 0.329 e. The fraction of sp³-hybridized carbons (Fsp3) is 0.833. The van der Waals surface area contributed by atoms with E-state index >= 15 is 0 Å². The molecule has 1 unspecified atom stereocenters. The number of carbonyl (C=O) groups excluding carboxylic acids is 1. The van der Waals surface area contributed by atoms with E-state index in [1.54, 1.807) is 18.7 Å². The third kappa shape index (κ3) is 3.13. The summed E-state index contributed by atoms with van der Waals surface area (Å²) in [4.78, 5) is 25.0. The van der Waals surface area contributed by atoms with E-state index in [1.807, 2.05) is 6.92 Å². The van der Waals surface area contributed by atoms with Crippen molar-refractivity contribution < 1.29 is 19.4 Å². The number of nitrogens with one attached hydrogen (secondary N) is 1. The Hall–Kier alpha value is -1.30. The van der Waals surface area contributed by atoms with Gasteiger partial charge in [0.1, 0.15) is 5.54 Å². The topological polar surface area (TPSA) is 78.9 Å². The predicted molar refractivity (Wildman–Crippen MR) is 66.5 cm³/mol. The van der Waals surface area contributed by atoms with E-state index in [0.29, 0.717) is 32.5 Å². The second-order valence-corrected chi connectivity index (χ2v) is 4.65. The highest BCUT2D eigenvalue weighted by atomic mass is 16.5. The quantitative estimate of drug-likeness (QED) is 0.790. The maximum absolute atomic E-state index is 12.1. The average molecular weight is 258 g/mol. The second kappa shape index (κ2) is 6.04. The molecule has 0 aromatic carbocycles. The molecule has 0 aromatic rings. The molecule has 1 aliphatic heterocycles. The van der Waals surface area contributed by atoms with Crippen molar-refractivity contribution in [3.8, 4) is 0 Å². The van der Waals surface area contributed by atoms with Crippen LogP contribution in [0.1, 0.15) is 33.6 Å². The number of amides is 2. The van der Waals surface area contributed by atoms with E-state index in [0.717, 1.165) is 0 Å². The van der Waals surface area contributed by atoms with Crippen LogP contribution in [0.3, 0.4) is 0 Å². The van der Waals surface area contributed by atoms with Crippen molar-refractivity contribution in [3.05, 3.63) is 0 Å². The fourth-order valence-corrected chi connectivity index (χ4v) is 2.07. The first-order valence-corrected chi connectivity index (χ1v) is 6.37. The van der Waals surface area contributed by atoms with Gasteiger partial charge in [0.15, 0.2) is 0 Å². The zero-order chi connectivity index (χ0) is 13.8. The number of aliphatic carboxylic acids is 1. The van der Waals surface area contributed by atoms with Crippen LogP contribution in [0.15, 0.2) is 0 Å². The van der Waals surface area contributed by atoms with Gasteiger partial charge in [-0.15, -0.1) is 0 Å². The molecule has 1 aliphatic rings. The van der Waals surface area contributed by atoms with E-state index in [4.69, 9.17) is 4.74 Å². The van der Waals surface area contributed by atoms with E-state index in [2.05, 4.69) is 5.32 Å². The van der Waals surface area contributed by atoms with Gasteiger partial charge in [-0.3, -0.25) is 0 Å². The highest BCUT2D eigenvalue weighted by molar-refractivity contribution is 5.86. The number of carboxylic acids is 1. The minimum atomic E-state index is -1.17. The summed E-state index contributed by atoms with van der Waals surface area (Å²) in [5.41, 5.74) is -1.17. The SMILES string of the molecule is CCC(CC)(NC(=O)N1CCOC(C)C1)C(=O)O. The van der Waals surface area contributed by atoms with Crippen molar-refractivity contribution in [2.45, 2.75) is 45.3 Å². The minimum absolute atomic E-state index is 0.00742. The van der Waals surface area contributed by atoms with Crippen LogP contribution < -0.4 is 5.32 Å². The van der Waals surface area contributed by atoms with E-state index < -0.39 is 11.5 Å². The fourth-order valence-electron chi connectivity index (χ4n) is 2.07. The van der Waals surface area contributed by atoms with Crippen LogP contribution in [0.4, 0.5) is 4.79 Å². The number of carbonyl (C=O) groups is 2. The van der Waals surface area contributed by atoms with Gasteiger partial charge in [-0.05, 0) is 19.8 Å². The van der Waals surface area contributed by atoms with Gasteiger partial charge in [-0.2, -0.15) is 0 Å². The lowest BCUT2D eigenvalue weighted by atomic mass is 9.93. The van der Waals surface area contributed by atoms with Gasteiger partial charge in [0.25, 0.3) is 0 Å². The van der Waals surface area contributed by atoms with Crippen molar-refractivity contribution in [1.29, 1.82) is 0 Å². The van der Waals surface area contributed by atoms with Crippen molar-refractivity contribution in [2.24, 2.45) is 0 Å². The van der Waals surface area contributed by atoms with Crippen LogP contribution in [0.2, 0.25) is 0 Å². The summed E-state index contributed by atoms with van der Waals surface area (Å²) in [6.07, 6.45) is 0.724. The van der Waals surface area contributed by atoms with Crippen molar-refractivity contribution >= 4 is 12.0 Å². The van der Waals surface area contributed by atoms with Gasteiger partial charge in [-0.1, -0.05) is 13.8 Å². The summed E-state index contributed by atoms with van der Waals surface area (Å²) >= 11 is 0. The van der Waals surface area contributed by atoms with E-state index in [9.17, 15) is 14.7 Å². The Morgan fingerprint density at radius 2 is 2.06 bits per heavy atom. The summed E-state index contributed by atoms with van der Waals surface area (Å²) in [5.74, 6) is -0.984. The molecule has 104 valence electrons. The Labute approximate surface area is 107 Å². The Bertz CT molecular complexity index is 315. The molecule has 0 bridgehead atoms. The van der Waals surface area contributed by atoms with E-state index in [-0.39, 0.29) is 12.1 Å². The molecule has 0 spiro atoms. The van der Waals surface area contributed by atoms with Crippen molar-refractivity contribution in [3.63, 3.8) is 0 Å². The number of hydrogen-bond donors (Lipinski definition) is 2. The monoisotopic (exact) mass is 258 g/mol. The summed E-state index contributed by atoms with van der Waals surface area (Å²) in [7, 11) is 0. The molecular weight excluding hydrogens is 236 g/mol.